The molecule has 0 saturated heterocycles. The van der Waals surface area contributed by atoms with E-state index in [1.54, 1.807) is 0 Å². The molecule has 0 aliphatic heterocycles. The second kappa shape index (κ2) is 40.5. The van der Waals surface area contributed by atoms with Crippen LogP contribution in [0.3, 0.4) is 0 Å². The van der Waals surface area contributed by atoms with E-state index in [2.05, 4.69) is 18.1 Å². The van der Waals surface area contributed by atoms with Crippen molar-refractivity contribution in [1.82, 2.24) is 0 Å². The molecule has 0 aromatic heterocycles. The summed E-state index contributed by atoms with van der Waals surface area (Å²) in [6.45, 7) is 9.29. The van der Waals surface area contributed by atoms with Gasteiger partial charge in [0.05, 0.1) is 26.4 Å². The molecule has 0 spiro atoms. The molecule has 0 rings (SSSR count). The van der Waals surface area contributed by atoms with Gasteiger partial charge in [0, 0.05) is 0 Å². The molecule has 0 fully saturated rings. The fraction of sp³-hybridized carbons (Fsp3) is 1.00. The molecule has 0 aromatic carbocycles. The summed E-state index contributed by atoms with van der Waals surface area (Å²) in [5.41, 5.74) is 0. The molecule has 12 nitrogen and oxygen atoms in total. The molecule has 0 aromatic rings. The van der Waals surface area contributed by atoms with Gasteiger partial charge in [-0.1, -0.05) is 53.4 Å². The second-order valence-electron chi connectivity index (χ2n) is 5.81. The maximum absolute atomic E-state index is 9.73. The van der Waals surface area contributed by atoms with Gasteiger partial charge < -0.3 is 55.9 Å². The first-order valence-corrected chi connectivity index (χ1v) is 15.3. The van der Waals surface area contributed by atoms with Crippen LogP contribution in [-0.4, -0.2) is 26.4 Å². The van der Waals surface area contributed by atoms with Gasteiger partial charge in [0.2, 0.25) is 0 Å². The standard InChI is InChI=1S/4C4H11O3P.Mo/c4*1-2-3-4-7-8(5)6;/h4*8H,2-4H2,1H3,(H,5,6);/q;;;;+4/p-4. The van der Waals surface area contributed by atoms with Gasteiger partial charge in [0.1, 0.15) is 33.0 Å². The van der Waals surface area contributed by atoms with Gasteiger partial charge in [-0.25, -0.2) is 0 Å². The summed E-state index contributed by atoms with van der Waals surface area (Å²) in [4.78, 5) is 38.9. The molecule has 0 saturated carbocycles. The average Bonchev–Trinajstić information content (AvgIpc) is 2.69. The Hall–Kier alpha value is 1.29. The molecule has 0 aliphatic rings. The van der Waals surface area contributed by atoms with E-state index in [1.807, 2.05) is 27.7 Å². The van der Waals surface area contributed by atoms with Gasteiger partial charge in [-0.2, -0.15) is 0 Å². The monoisotopic (exact) mass is 646 g/mol. The van der Waals surface area contributed by atoms with Crippen molar-refractivity contribution in [3.05, 3.63) is 0 Å². The number of unbranched alkanes of at least 4 members (excludes halogenated alkanes) is 4. The van der Waals surface area contributed by atoms with E-state index in [9.17, 15) is 37.8 Å². The Bertz CT molecular complexity index is 381. The van der Waals surface area contributed by atoms with E-state index in [0.717, 1.165) is 51.4 Å². The molecule has 202 valence electrons. The number of hydrogen-bond donors (Lipinski definition) is 0. The number of hydrogen-bond acceptors (Lipinski definition) is 12. The van der Waals surface area contributed by atoms with Gasteiger partial charge in [-0.05, 0) is 25.7 Å². The first kappa shape index (κ1) is 44.3. The maximum Gasteiger partial charge on any atom is 4.00 e. The predicted molar refractivity (Wildman–Crippen MR) is 119 cm³/mol. The summed E-state index contributed by atoms with van der Waals surface area (Å²) in [6, 6.07) is 0. The zero-order chi connectivity index (χ0) is 25.6. The quantitative estimate of drug-likeness (QED) is 0.135. The first-order chi connectivity index (χ1) is 15.1. The van der Waals surface area contributed by atoms with Crippen molar-refractivity contribution in [2.75, 3.05) is 26.4 Å². The normalized spacial score (nSPS) is 13.3. The van der Waals surface area contributed by atoms with Gasteiger partial charge in [-0.15, -0.1) is 0 Å². The Kier molecular flexibility index (Phi) is 54.3. The van der Waals surface area contributed by atoms with Crippen molar-refractivity contribution >= 4 is 33.0 Å². The summed E-state index contributed by atoms with van der Waals surface area (Å²) in [5.74, 6) is 0. The van der Waals surface area contributed by atoms with E-state index in [1.165, 1.54) is 0 Å². The van der Waals surface area contributed by atoms with Crippen molar-refractivity contribution in [3.8, 4) is 0 Å². The van der Waals surface area contributed by atoms with Crippen LogP contribution in [0.1, 0.15) is 79.1 Å². The van der Waals surface area contributed by atoms with Gasteiger partial charge in [-0.3, -0.25) is 0 Å². The van der Waals surface area contributed by atoms with Crippen LogP contribution in [0.5, 0.6) is 0 Å². The Morgan fingerprint density at radius 1 is 0.455 bits per heavy atom. The third kappa shape index (κ3) is 71.9. The van der Waals surface area contributed by atoms with Gasteiger partial charge in [0.25, 0.3) is 0 Å². The molecular weight excluding hydrogens is 604 g/mol. The topological polar surface area (TPSA) is 197 Å². The summed E-state index contributed by atoms with van der Waals surface area (Å²) < 4.78 is 56.0. The zero-order valence-corrected chi connectivity index (χ0v) is 25.8. The van der Waals surface area contributed by atoms with Gasteiger partial charge in [0.15, 0.2) is 0 Å². The maximum atomic E-state index is 9.73. The third-order valence-electron chi connectivity index (χ3n) is 2.87. The van der Waals surface area contributed by atoms with Gasteiger partial charge >= 0.3 is 21.1 Å². The first-order valence-electron chi connectivity index (χ1n) is 10.4. The molecule has 4 unspecified atom stereocenters. The van der Waals surface area contributed by atoms with Crippen LogP contribution < -0.4 is 19.6 Å². The molecule has 17 heteroatoms. The summed E-state index contributed by atoms with van der Waals surface area (Å²) in [7, 11) is -11.6. The van der Waals surface area contributed by atoms with Crippen molar-refractivity contribution in [2.24, 2.45) is 0 Å². The van der Waals surface area contributed by atoms with E-state index >= 15 is 0 Å². The van der Waals surface area contributed by atoms with E-state index < -0.39 is 33.0 Å². The molecular formula is C16H40MoO12P4. The van der Waals surface area contributed by atoms with Crippen LogP contribution in [0.4, 0.5) is 0 Å². The minimum Gasteiger partial charge on any atom is -0.781 e. The molecule has 0 aliphatic carbocycles. The minimum absolute atomic E-state index is 0. The van der Waals surface area contributed by atoms with Crippen LogP contribution in [0.25, 0.3) is 0 Å². The van der Waals surface area contributed by atoms with Crippen LogP contribution in [0, 0.1) is 0 Å². The van der Waals surface area contributed by atoms with E-state index in [0.29, 0.717) is 26.4 Å². The Balaban J connectivity index is -0.000000105. The summed E-state index contributed by atoms with van der Waals surface area (Å²) in [5, 5.41) is 0. The molecule has 0 heterocycles. The van der Waals surface area contributed by atoms with Crippen molar-refractivity contribution in [2.45, 2.75) is 79.1 Å². The molecule has 0 N–H and O–H groups in total. The molecule has 33 heavy (non-hydrogen) atoms. The second-order valence-corrected chi connectivity index (χ2v) is 8.96. The number of rotatable bonds is 16. The van der Waals surface area contributed by atoms with Crippen LogP contribution >= 0.6 is 33.0 Å². The van der Waals surface area contributed by atoms with E-state index in [-0.39, 0.29) is 21.1 Å². The fourth-order valence-electron chi connectivity index (χ4n) is 1.20. The summed E-state index contributed by atoms with van der Waals surface area (Å²) in [6.07, 6.45) is 7.14. The smallest absolute Gasteiger partial charge is 0.781 e. The Morgan fingerprint density at radius 3 is 0.697 bits per heavy atom. The average molecular weight is 644 g/mol. The fourth-order valence-corrected chi connectivity index (χ4v) is 2.44. The van der Waals surface area contributed by atoms with Crippen molar-refractivity contribution in [3.63, 3.8) is 0 Å². The zero-order valence-electron chi connectivity index (χ0n) is 19.8. The Morgan fingerprint density at radius 2 is 0.606 bits per heavy atom. The van der Waals surface area contributed by atoms with Crippen LogP contribution in [0.2, 0.25) is 0 Å². The molecule has 0 radical (unpaired) electrons. The summed E-state index contributed by atoms with van der Waals surface area (Å²) >= 11 is 0. The molecule has 0 amide bonds. The third-order valence-corrected chi connectivity index (χ3v) is 4.63. The minimum atomic E-state index is -2.91. The predicted octanol–water partition coefficient (Wildman–Crippen LogP) is 2.21. The van der Waals surface area contributed by atoms with Crippen LogP contribution in [-0.2, 0) is 57.4 Å². The van der Waals surface area contributed by atoms with Crippen LogP contribution in [0.15, 0.2) is 0 Å². The SMILES string of the molecule is CCCCO[PH](=O)[O-].CCCCO[PH](=O)[O-].CCCCO[PH](=O)[O-].CCCCO[PH](=O)[O-].[Mo+4]. The van der Waals surface area contributed by atoms with Crippen molar-refractivity contribution in [1.29, 1.82) is 0 Å². The van der Waals surface area contributed by atoms with Crippen molar-refractivity contribution < 1.29 is 77.0 Å². The largest absolute Gasteiger partial charge is 4.00 e. The Labute approximate surface area is 215 Å². The molecule has 0 bridgehead atoms. The van der Waals surface area contributed by atoms with E-state index in [4.69, 9.17) is 0 Å². The molecule has 4 atom stereocenters.